The van der Waals surface area contributed by atoms with Crippen molar-refractivity contribution in [3.8, 4) is 11.3 Å². The molecule has 1 spiro atoms. The Balaban J connectivity index is 1.38. The molecule has 7 nitrogen and oxygen atoms in total. The fourth-order valence-corrected chi connectivity index (χ4v) is 4.99. The molecule has 208 valence electrons. The minimum Gasteiger partial charge on any atom is -0.427 e. The molecule has 12 heteroatoms. The maximum absolute atomic E-state index is 13.6. The first-order chi connectivity index (χ1) is 18.9. The van der Waals surface area contributed by atoms with E-state index in [9.17, 15) is 36.3 Å². The molecule has 0 radical (unpaired) electrons. The Hall–Kier alpha value is -4.35. The number of hydrogen-bond acceptors (Lipinski definition) is 5. The van der Waals surface area contributed by atoms with Crippen LogP contribution in [0.2, 0.25) is 0 Å². The molecule has 0 saturated carbocycles. The second kappa shape index (κ2) is 10.00. The molecule has 40 heavy (non-hydrogen) atoms. The minimum atomic E-state index is -4.80. The van der Waals surface area contributed by atoms with E-state index in [1.165, 1.54) is 24.3 Å². The summed E-state index contributed by atoms with van der Waals surface area (Å²) >= 11 is 0. The molecule has 3 amide bonds. The number of imide groups is 1. The van der Waals surface area contributed by atoms with Gasteiger partial charge in [0.15, 0.2) is 0 Å². The van der Waals surface area contributed by atoms with Crippen LogP contribution in [0, 0.1) is 11.6 Å². The number of hydrogen-bond donors (Lipinski definition) is 0. The number of rotatable bonds is 6. The van der Waals surface area contributed by atoms with E-state index in [1.807, 2.05) is 0 Å². The summed E-state index contributed by atoms with van der Waals surface area (Å²) in [6, 6.07) is 10.1. The lowest BCUT2D eigenvalue weighted by Crippen LogP contribution is -2.51. The van der Waals surface area contributed by atoms with Crippen LogP contribution in [0.4, 0.5) is 26.7 Å². The van der Waals surface area contributed by atoms with Crippen molar-refractivity contribution in [3.63, 3.8) is 0 Å². The van der Waals surface area contributed by atoms with Gasteiger partial charge in [-0.25, -0.2) is 18.5 Å². The highest BCUT2D eigenvalue weighted by Gasteiger charge is 2.58. The lowest BCUT2D eigenvalue weighted by molar-refractivity contribution is -0.187. The van der Waals surface area contributed by atoms with Gasteiger partial charge in [0.1, 0.15) is 24.2 Å². The predicted octanol–water partition coefficient (Wildman–Crippen LogP) is 5.13. The van der Waals surface area contributed by atoms with E-state index in [0.717, 1.165) is 25.3 Å². The van der Waals surface area contributed by atoms with E-state index in [4.69, 9.17) is 4.74 Å². The van der Waals surface area contributed by atoms with Crippen LogP contribution in [-0.4, -0.2) is 51.5 Å². The molecular weight excluding hydrogens is 537 g/mol. The molecule has 1 fully saturated rings. The van der Waals surface area contributed by atoms with Gasteiger partial charge < -0.3 is 9.64 Å². The first kappa shape index (κ1) is 27.2. The van der Waals surface area contributed by atoms with E-state index in [-0.39, 0.29) is 12.0 Å². The number of halogens is 5. The molecule has 0 N–H and O–H groups in total. The summed E-state index contributed by atoms with van der Waals surface area (Å²) in [7, 11) is 0. The quantitative estimate of drug-likeness (QED) is 0.392. The monoisotopic (exact) mass is 559 g/mol. The standard InChI is InChI=1S/C28H22F5N3O4/c1-16(28(31,32)33)35(14-17-2-5-20(29)6-3-17)24(37)15-36-25(38)27(40-26(36)39)11-10-18-12-19(4-8-22(18)27)23-9-7-21(30)13-34-23/h2-9,12-13,16H,10-11,14-15H2,1H3/t16-,27?/m0/s1. The average Bonchev–Trinajstić information content (AvgIpc) is 3.39. The summed E-state index contributed by atoms with van der Waals surface area (Å²) in [5.74, 6) is -3.08. The summed E-state index contributed by atoms with van der Waals surface area (Å²) in [5, 5.41) is 0. The van der Waals surface area contributed by atoms with Crippen LogP contribution in [0.1, 0.15) is 30.0 Å². The van der Waals surface area contributed by atoms with Crippen LogP contribution in [0.5, 0.6) is 0 Å². The zero-order valence-electron chi connectivity index (χ0n) is 21.0. The Bertz CT molecular complexity index is 1480. The fourth-order valence-electron chi connectivity index (χ4n) is 4.99. The van der Waals surface area contributed by atoms with E-state index >= 15 is 0 Å². The number of ether oxygens (including phenoxy) is 1. The smallest absolute Gasteiger partial charge is 0.418 e. The first-order valence-corrected chi connectivity index (χ1v) is 12.3. The van der Waals surface area contributed by atoms with Gasteiger partial charge in [0.2, 0.25) is 11.5 Å². The highest BCUT2D eigenvalue weighted by atomic mass is 19.4. The molecule has 1 aliphatic heterocycles. The zero-order valence-corrected chi connectivity index (χ0v) is 21.0. The maximum Gasteiger partial charge on any atom is 0.418 e. The molecule has 1 saturated heterocycles. The van der Waals surface area contributed by atoms with Crippen molar-refractivity contribution in [1.82, 2.24) is 14.8 Å². The number of alkyl halides is 3. The molecule has 5 rings (SSSR count). The topological polar surface area (TPSA) is 79.8 Å². The minimum absolute atomic E-state index is 0.0795. The van der Waals surface area contributed by atoms with Gasteiger partial charge in [-0.3, -0.25) is 14.6 Å². The van der Waals surface area contributed by atoms with Gasteiger partial charge in [-0.15, -0.1) is 0 Å². The van der Waals surface area contributed by atoms with Crippen LogP contribution in [0.25, 0.3) is 11.3 Å². The van der Waals surface area contributed by atoms with Crippen LogP contribution in [0.3, 0.4) is 0 Å². The van der Waals surface area contributed by atoms with Crippen molar-refractivity contribution >= 4 is 17.9 Å². The summed E-state index contributed by atoms with van der Waals surface area (Å²) in [6.07, 6.45) is -4.45. The third kappa shape index (κ3) is 4.89. The van der Waals surface area contributed by atoms with Gasteiger partial charge >= 0.3 is 12.3 Å². The lowest BCUT2D eigenvalue weighted by atomic mass is 9.93. The van der Waals surface area contributed by atoms with Crippen molar-refractivity contribution in [2.75, 3.05) is 6.54 Å². The second-order valence-corrected chi connectivity index (χ2v) is 9.69. The van der Waals surface area contributed by atoms with Crippen LogP contribution in [-0.2, 0) is 32.9 Å². The van der Waals surface area contributed by atoms with Gasteiger partial charge in [-0.2, -0.15) is 13.2 Å². The lowest BCUT2D eigenvalue weighted by Gasteiger charge is -2.31. The van der Waals surface area contributed by atoms with Crippen LogP contribution >= 0.6 is 0 Å². The highest BCUT2D eigenvalue weighted by molar-refractivity contribution is 6.06. The Labute approximate surface area is 225 Å². The largest absolute Gasteiger partial charge is 0.427 e. The molecule has 0 bridgehead atoms. The number of nitrogens with zero attached hydrogens (tertiary/aromatic N) is 3. The predicted molar refractivity (Wildman–Crippen MR) is 130 cm³/mol. The van der Waals surface area contributed by atoms with E-state index in [0.29, 0.717) is 38.6 Å². The van der Waals surface area contributed by atoms with Crippen molar-refractivity contribution in [2.45, 2.75) is 44.1 Å². The van der Waals surface area contributed by atoms with Crippen molar-refractivity contribution in [2.24, 2.45) is 0 Å². The fraction of sp³-hybridized carbons (Fsp3) is 0.286. The molecule has 2 heterocycles. The van der Waals surface area contributed by atoms with E-state index < -0.39 is 60.5 Å². The normalized spacial score (nSPS) is 19.1. The third-order valence-electron chi connectivity index (χ3n) is 7.20. The Morgan fingerprint density at radius 1 is 1.07 bits per heavy atom. The molecule has 2 atom stereocenters. The SMILES string of the molecule is C[C@H](N(Cc1ccc(F)cc1)C(=O)CN1C(=O)OC2(CCc3cc(-c4ccc(F)cn4)ccc32)C1=O)C(F)(F)F. The molecule has 2 aromatic carbocycles. The molecule has 1 aliphatic carbocycles. The number of aryl methyl sites for hydroxylation is 1. The summed E-state index contributed by atoms with van der Waals surface area (Å²) in [5.41, 5.74) is 0.747. The number of carbonyl (C=O) groups excluding carboxylic acids is 3. The summed E-state index contributed by atoms with van der Waals surface area (Å²) in [6.45, 7) is -0.702. The molecule has 2 aliphatic rings. The van der Waals surface area contributed by atoms with Crippen molar-refractivity contribution in [3.05, 3.63) is 89.1 Å². The van der Waals surface area contributed by atoms with Crippen LogP contribution in [0.15, 0.2) is 60.8 Å². The average molecular weight is 559 g/mol. The number of fused-ring (bicyclic) bond motifs is 2. The number of carbonyl (C=O) groups is 3. The summed E-state index contributed by atoms with van der Waals surface area (Å²) in [4.78, 5) is 44.5. The Morgan fingerprint density at radius 2 is 1.77 bits per heavy atom. The third-order valence-corrected chi connectivity index (χ3v) is 7.20. The van der Waals surface area contributed by atoms with Gasteiger partial charge in [0.25, 0.3) is 5.91 Å². The Morgan fingerprint density at radius 3 is 2.42 bits per heavy atom. The number of benzene rings is 2. The number of amides is 3. The summed E-state index contributed by atoms with van der Waals surface area (Å²) < 4.78 is 72.9. The highest BCUT2D eigenvalue weighted by Crippen LogP contribution is 2.46. The molecule has 1 aromatic heterocycles. The van der Waals surface area contributed by atoms with Crippen molar-refractivity contribution < 1.29 is 41.1 Å². The van der Waals surface area contributed by atoms with Gasteiger partial charge in [0.05, 0.1) is 11.9 Å². The van der Waals surface area contributed by atoms with Gasteiger partial charge in [-0.05, 0) is 54.8 Å². The number of aromatic nitrogens is 1. The van der Waals surface area contributed by atoms with E-state index in [1.54, 1.807) is 18.2 Å². The van der Waals surface area contributed by atoms with Gasteiger partial charge in [-0.1, -0.05) is 24.3 Å². The van der Waals surface area contributed by atoms with E-state index in [2.05, 4.69) is 4.98 Å². The molecule has 3 aromatic rings. The zero-order chi connectivity index (χ0) is 28.8. The van der Waals surface area contributed by atoms with Crippen molar-refractivity contribution in [1.29, 1.82) is 0 Å². The Kier molecular flexibility index (Phi) is 6.80. The number of pyridine rings is 1. The van der Waals surface area contributed by atoms with Gasteiger partial charge in [0, 0.05) is 24.1 Å². The maximum atomic E-state index is 13.6. The van der Waals surface area contributed by atoms with Crippen LogP contribution < -0.4 is 0 Å². The first-order valence-electron chi connectivity index (χ1n) is 12.3. The molecular formula is C28H22F5N3O4. The molecule has 1 unspecified atom stereocenters. The second-order valence-electron chi connectivity index (χ2n) is 9.69.